The van der Waals surface area contributed by atoms with Crippen LogP contribution in [0.25, 0.3) is 0 Å². The molecule has 0 atom stereocenters. The Morgan fingerprint density at radius 2 is 1.64 bits per heavy atom. The van der Waals surface area contributed by atoms with Gasteiger partial charge >= 0.3 is 0 Å². The Hall–Kier alpha value is -0.160. The van der Waals surface area contributed by atoms with Gasteiger partial charge in [0.1, 0.15) is 0 Å². The molecule has 0 rings (SSSR count). The van der Waals surface area contributed by atoms with Crippen molar-refractivity contribution in [3.05, 3.63) is 0 Å². The van der Waals surface area contributed by atoms with Crippen LogP contribution in [0, 0.1) is 0 Å². The Balaban J connectivity index is 2.99. The van der Waals surface area contributed by atoms with E-state index >= 15 is 0 Å². The molecule has 0 fully saturated rings. The molecule has 0 aromatic heterocycles. The zero-order chi connectivity index (χ0) is 10.9. The van der Waals surface area contributed by atoms with Crippen LogP contribution in [-0.2, 0) is 14.2 Å². The maximum absolute atomic E-state index is 5.73. The third kappa shape index (κ3) is 11.8. The van der Waals surface area contributed by atoms with Crippen molar-refractivity contribution >= 4 is 0 Å². The van der Waals surface area contributed by atoms with Gasteiger partial charge in [0.15, 0.2) is 0 Å². The van der Waals surface area contributed by atoms with Gasteiger partial charge in [-0.1, -0.05) is 0 Å². The maximum Gasteiger partial charge on any atom is 0.0701 e. The van der Waals surface area contributed by atoms with Crippen LogP contribution in [-0.4, -0.2) is 45.7 Å². The summed E-state index contributed by atoms with van der Waals surface area (Å²) in [6.45, 7) is 7.14. The topological polar surface area (TPSA) is 53.7 Å². The second kappa shape index (κ2) is 8.17. The molecule has 86 valence electrons. The normalized spacial score (nSPS) is 12.0. The monoisotopic (exact) mass is 205 g/mol. The maximum atomic E-state index is 5.73. The third-order valence-electron chi connectivity index (χ3n) is 1.48. The van der Waals surface area contributed by atoms with Gasteiger partial charge in [0, 0.05) is 25.9 Å². The molecule has 0 heterocycles. The predicted octanol–water partition coefficient (Wildman–Crippen LogP) is 0.793. The summed E-state index contributed by atoms with van der Waals surface area (Å²) in [6, 6.07) is 0. The smallest absolute Gasteiger partial charge is 0.0701 e. The number of hydrogen-bond donors (Lipinski definition) is 1. The van der Waals surface area contributed by atoms with Crippen LogP contribution in [0.2, 0.25) is 0 Å². The second-order valence-corrected chi connectivity index (χ2v) is 4.00. The lowest BCUT2D eigenvalue weighted by molar-refractivity contribution is 0.0269. The van der Waals surface area contributed by atoms with Gasteiger partial charge in [0.2, 0.25) is 0 Å². The summed E-state index contributed by atoms with van der Waals surface area (Å²) in [6.07, 6.45) is 0.929. The molecule has 14 heavy (non-hydrogen) atoms. The van der Waals surface area contributed by atoms with Crippen LogP contribution < -0.4 is 5.73 Å². The average molecular weight is 205 g/mol. The van der Waals surface area contributed by atoms with Crippen LogP contribution in [0.5, 0.6) is 0 Å². The number of ether oxygens (including phenoxy) is 3. The molecule has 0 aliphatic carbocycles. The molecular weight excluding hydrogens is 182 g/mol. The van der Waals surface area contributed by atoms with Crippen molar-refractivity contribution in [1.29, 1.82) is 0 Å². The first-order chi connectivity index (χ1) is 6.56. The summed E-state index contributed by atoms with van der Waals surface area (Å²) in [7, 11) is 1.69. The first-order valence-corrected chi connectivity index (χ1v) is 4.99. The van der Waals surface area contributed by atoms with E-state index in [2.05, 4.69) is 0 Å². The standard InChI is InChI=1S/C10H23NO3/c1-10(2,11)9-14-8-7-13-6-4-5-12-3/h4-9,11H2,1-3H3. The zero-order valence-corrected chi connectivity index (χ0v) is 9.54. The van der Waals surface area contributed by atoms with Crippen molar-refractivity contribution < 1.29 is 14.2 Å². The minimum absolute atomic E-state index is 0.254. The van der Waals surface area contributed by atoms with Crippen LogP contribution in [0.3, 0.4) is 0 Å². The largest absolute Gasteiger partial charge is 0.385 e. The van der Waals surface area contributed by atoms with Gasteiger partial charge in [-0.25, -0.2) is 0 Å². The van der Waals surface area contributed by atoms with Gasteiger partial charge in [-0.2, -0.15) is 0 Å². The lowest BCUT2D eigenvalue weighted by atomic mass is 10.1. The van der Waals surface area contributed by atoms with E-state index in [-0.39, 0.29) is 5.54 Å². The molecule has 0 spiro atoms. The van der Waals surface area contributed by atoms with Gasteiger partial charge in [-0.15, -0.1) is 0 Å². The molecule has 0 aliphatic rings. The van der Waals surface area contributed by atoms with Crippen molar-refractivity contribution in [3.8, 4) is 0 Å². The molecule has 0 aromatic rings. The Morgan fingerprint density at radius 1 is 1.00 bits per heavy atom. The Morgan fingerprint density at radius 3 is 2.21 bits per heavy atom. The van der Waals surface area contributed by atoms with E-state index in [0.717, 1.165) is 19.6 Å². The van der Waals surface area contributed by atoms with E-state index in [4.69, 9.17) is 19.9 Å². The fourth-order valence-corrected chi connectivity index (χ4v) is 0.860. The van der Waals surface area contributed by atoms with Crippen LogP contribution in [0.1, 0.15) is 20.3 Å². The fraction of sp³-hybridized carbons (Fsp3) is 1.00. The summed E-state index contributed by atoms with van der Waals surface area (Å²) in [5.74, 6) is 0. The highest BCUT2D eigenvalue weighted by molar-refractivity contribution is 4.69. The first kappa shape index (κ1) is 13.8. The molecule has 0 saturated carbocycles. The van der Waals surface area contributed by atoms with Crippen LogP contribution >= 0.6 is 0 Å². The summed E-state index contributed by atoms with van der Waals surface area (Å²) in [4.78, 5) is 0. The highest BCUT2D eigenvalue weighted by Gasteiger charge is 2.09. The number of rotatable bonds is 9. The number of hydrogen-bond acceptors (Lipinski definition) is 4. The third-order valence-corrected chi connectivity index (χ3v) is 1.48. The zero-order valence-electron chi connectivity index (χ0n) is 9.54. The fourth-order valence-electron chi connectivity index (χ4n) is 0.860. The molecule has 4 nitrogen and oxygen atoms in total. The molecule has 0 saturated heterocycles. The quantitative estimate of drug-likeness (QED) is 0.565. The molecule has 2 N–H and O–H groups in total. The van der Waals surface area contributed by atoms with Gasteiger partial charge in [-0.3, -0.25) is 0 Å². The number of methoxy groups -OCH3 is 1. The van der Waals surface area contributed by atoms with E-state index < -0.39 is 0 Å². The summed E-state index contributed by atoms with van der Waals surface area (Å²) in [5, 5.41) is 0. The molecule has 0 amide bonds. The second-order valence-electron chi connectivity index (χ2n) is 4.00. The van der Waals surface area contributed by atoms with Crippen molar-refractivity contribution in [1.82, 2.24) is 0 Å². The van der Waals surface area contributed by atoms with Gasteiger partial charge in [0.05, 0.1) is 19.8 Å². The SMILES string of the molecule is COCCCOCCOCC(C)(C)N. The van der Waals surface area contributed by atoms with Crippen molar-refractivity contribution in [3.63, 3.8) is 0 Å². The van der Waals surface area contributed by atoms with Crippen LogP contribution in [0.15, 0.2) is 0 Å². The van der Waals surface area contributed by atoms with E-state index in [1.165, 1.54) is 0 Å². The molecule has 0 aromatic carbocycles. The molecule has 0 bridgehead atoms. The molecule has 0 aliphatic heterocycles. The molecule has 0 radical (unpaired) electrons. The van der Waals surface area contributed by atoms with Crippen molar-refractivity contribution in [2.24, 2.45) is 5.73 Å². The first-order valence-electron chi connectivity index (χ1n) is 4.99. The van der Waals surface area contributed by atoms with Crippen molar-refractivity contribution in [2.75, 3.05) is 40.1 Å². The Kier molecular flexibility index (Phi) is 8.08. The van der Waals surface area contributed by atoms with Crippen molar-refractivity contribution in [2.45, 2.75) is 25.8 Å². The lowest BCUT2D eigenvalue weighted by Crippen LogP contribution is -2.37. The predicted molar refractivity (Wildman–Crippen MR) is 56.4 cm³/mol. The highest BCUT2D eigenvalue weighted by Crippen LogP contribution is 1.96. The molecule has 0 unspecified atom stereocenters. The minimum atomic E-state index is -0.254. The Bertz CT molecular complexity index is 123. The van der Waals surface area contributed by atoms with E-state index in [1.54, 1.807) is 7.11 Å². The van der Waals surface area contributed by atoms with Crippen LogP contribution in [0.4, 0.5) is 0 Å². The highest BCUT2D eigenvalue weighted by atomic mass is 16.5. The van der Waals surface area contributed by atoms with E-state index in [1.807, 2.05) is 13.8 Å². The molecule has 4 heteroatoms. The Labute approximate surface area is 86.7 Å². The van der Waals surface area contributed by atoms with Gasteiger partial charge in [-0.05, 0) is 20.3 Å². The van der Waals surface area contributed by atoms with E-state index in [9.17, 15) is 0 Å². The number of nitrogens with two attached hydrogens (primary N) is 1. The molecular formula is C10H23NO3. The van der Waals surface area contributed by atoms with E-state index in [0.29, 0.717) is 19.8 Å². The van der Waals surface area contributed by atoms with Gasteiger partial charge < -0.3 is 19.9 Å². The minimum Gasteiger partial charge on any atom is -0.385 e. The summed E-state index contributed by atoms with van der Waals surface area (Å²) >= 11 is 0. The average Bonchev–Trinajstić information content (AvgIpc) is 2.08. The van der Waals surface area contributed by atoms with Gasteiger partial charge in [0.25, 0.3) is 0 Å². The lowest BCUT2D eigenvalue weighted by Gasteiger charge is -2.18. The summed E-state index contributed by atoms with van der Waals surface area (Å²) < 4.78 is 15.5. The summed E-state index contributed by atoms with van der Waals surface area (Å²) in [5.41, 5.74) is 5.48.